The first-order valence-electron chi connectivity index (χ1n) is 5.87. The second-order valence-electron chi connectivity index (χ2n) is 4.65. The van der Waals surface area contributed by atoms with Crippen molar-refractivity contribution < 1.29 is 4.42 Å². The third-order valence-corrected chi connectivity index (χ3v) is 3.05. The van der Waals surface area contributed by atoms with Crippen molar-refractivity contribution in [3.63, 3.8) is 0 Å². The summed E-state index contributed by atoms with van der Waals surface area (Å²) >= 11 is 0. The summed E-state index contributed by atoms with van der Waals surface area (Å²) in [5.74, 6) is 0.507. The summed E-state index contributed by atoms with van der Waals surface area (Å²) in [6.07, 6.45) is 0. The Morgan fingerprint density at radius 3 is 2.74 bits per heavy atom. The number of nitrogens with one attached hydrogen (secondary N) is 2. The number of H-pyrrole nitrogens is 1. The molecule has 1 heterocycles. The van der Waals surface area contributed by atoms with Gasteiger partial charge in [0, 0.05) is 38.0 Å². The molecule has 0 unspecified atom stereocenters. The van der Waals surface area contributed by atoms with Crippen molar-refractivity contribution >= 4 is 16.8 Å². The highest BCUT2D eigenvalue weighted by Gasteiger charge is 2.09. The molecule has 96 valence electrons. The van der Waals surface area contributed by atoms with Crippen LogP contribution in [0.1, 0.15) is 0 Å². The molecule has 0 spiro atoms. The Morgan fingerprint density at radius 1 is 1.21 bits per heavy atom. The van der Waals surface area contributed by atoms with Crippen LogP contribution in [0.3, 0.4) is 0 Å². The predicted octanol–water partition coefficient (Wildman–Crippen LogP) is 1.77. The monoisotopic (exact) mass is 255 g/mol. The molecular weight excluding hydrogens is 242 g/mol. The van der Waals surface area contributed by atoms with Gasteiger partial charge >= 0.3 is 0 Å². The van der Waals surface area contributed by atoms with Crippen LogP contribution in [0.4, 0.5) is 5.69 Å². The minimum absolute atomic E-state index is 0.0623. The van der Waals surface area contributed by atoms with Crippen molar-refractivity contribution in [2.75, 3.05) is 19.0 Å². The fourth-order valence-electron chi connectivity index (χ4n) is 1.98. The molecule has 1 aromatic carbocycles. The Morgan fingerprint density at radius 2 is 2.00 bits per heavy atom. The molecule has 19 heavy (non-hydrogen) atoms. The van der Waals surface area contributed by atoms with Crippen molar-refractivity contribution in [2.45, 2.75) is 0 Å². The van der Waals surface area contributed by atoms with Crippen molar-refractivity contribution in [3.05, 3.63) is 45.9 Å². The van der Waals surface area contributed by atoms with Gasteiger partial charge in [0.15, 0.2) is 11.3 Å². The van der Waals surface area contributed by atoms with Gasteiger partial charge in [-0.15, -0.1) is 0 Å². The van der Waals surface area contributed by atoms with Gasteiger partial charge in [0.2, 0.25) is 5.43 Å². The number of fused-ring (bicyclic) bond motifs is 2. The zero-order valence-electron chi connectivity index (χ0n) is 10.7. The van der Waals surface area contributed by atoms with Crippen molar-refractivity contribution in [1.29, 1.82) is 5.41 Å². The fourth-order valence-corrected chi connectivity index (χ4v) is 1.98. The number of benzene rings is 2. The molecule has 1 aliphatic heterocycles. The highest BCUT2D eigenvalue weighted by atomic mass is 16.3. The first-order chi connectivity index (χ1) is 9.04. The fraction of sp³-hybridized carbons (Fsp3) is 0.143. The maximum Gasteiger partial charge on any atom is 0.205 e. The summed E-state index contributed by atoms with van der Waals surface area (Å²) in [5, 5.41) is 7.46. The Bertz CT molecular complexity index is 845. The maximum absolute atomic E-state index is 11.5. The van der Waals surface area contributed by atoms with Crippen LogP contribution in [0.5, 0.6) is 0 Å². The lowest BCUT2D eigenvalue weighted by Gasteiger charge is -2.13. The van der Waals surface area contributed by atoms with Gasteiger partial charge < -0.3 is 14.3 Å². The van der Waals surface area contributed by atoms with Gasteiger partial charge in [-0.25, -0.2) is 0 Å². The summed E-state index contributed by atoms with van der Waals surface area (Å²) in [5.41, 5.74) is 2.82. The number of aromatic amines is 1. The molecule has 0 saturated carbocycles. The lowest BCUT2D eigenvalue weighted by molar-refractivity contribution is 0.611. The second kappa shape index (κ2) is 3.98. The van der Waals surface area contributed by atoms with Gasteiger partial charge in [0.25, 0.3) is 0 Å². The van der Waals surface area contributed by atoms with E-state index in [4.69, 9.17) is 9.83 Å². The van der Waals surface area contributed by atoms with Crippen molar-refractivity contribution in [1.82, 2.24) is 4.98 Å². The van der Waals surface area contributed by atoms with E-state index in [0.717, 1.165) is 11.2 Å². The van der Waals surface area contributed by atoms with E-state index in [1.807, 2.05) is 37.2 Å². The second-order valence-corrected chi connectivity index (χ2v) is 4.65. The molecule has 1 aromatic rings. The zero-order valence-corrected chi connectivity index (χ0v) is 10.7. The predicted molar refractivity (Wildman–Crippen MR) is 73.6 cm³/mol. The molecule has 0 fully saturated rings. The Kier molecular flexibility index (Phi) is 2.41. The summed E-state index contributed by atoms with van der Waals surface area (Å²) < 4.78 is 5.76. The van der Waals surface area contributed by atoms with Crippen molar-refractivity contribution in [3.8, 4) is 11.5 Å². The lowest BCUT2D eigenvalue weighted by Crippen LogP contribution is -2.22. The standard InChI is InChI=1S/C14H13N3O2/c1-17(2)8-3-4-10-13(5-8)19-14-6-9(15)12(18)7-11(14)16-10/h3-7,15-16H,1-2H3. The maximum atomic E-state index is 11.5. The lowest BCUT2D eigenvalue weighted by atomic mass is 10.2. The van der Waals surface area contributed by atoms with E-state index in [1.54, 1.807) is 0 Å². The minimum atomic E-state index is -0.316. The molecule has 2 aliphatic rings. The number of rotatable bonds is 1. The topological polar surface area (TPSA) is 73.1 Å². The number of aromatic nitrogens is 1. The van der Waals surface area contributed by atoms with Crippen LogP contribution < -0.4 is 15.7 Å². The first kappa shape index (κ1) is 11.5. The molecule has 2 N–H and O–H groups in total. The molecule has 5 heteroatoms. The van der Waals surface area contributed by atoms with E-state index in [2.05, 4.69) is 4.98 Å². The highest BCUT2D eigenvalue weighted by molar-refractivity contribution is 5.79. The molecule has 0 aromatic heterocycles. The number of hydrogen-bond donors (Lipinski definition) is 2. The first-order valence-corrected chi connectivity index (χ1v) is 5.87. The summed E-state index contributed by atoms with van der Waals surface area (Å²) in [4.78, 5) is 16.6. The number of nitrogens with zero attached hydrogens (tertiary/aromatic N) is 1. The van der Waals surface area contributed by atoms with Crippen LogP contribution in [0.2, 0.25) is 0 Å². The van der Waals surface area contributed by atoms with Crippen LogP contribution in [0.15, 0.2) is 39.5 Å². The summed E-state index contributed by atoms with van der Waals surface area (Å²) in [7, 11) is 3.91. The molecule has 5 nitrogen and oxygen atoms in total. The van der Waals surface area contributed by atoms with Gasteiger partial charge in [-0.1, -0.05) is 0 Å². The van der Waals surface area contributed by atoms with E-state index in [1.165, 1.54) is 12.1 Å². The van der Waals surface area contributed by atoms with Crippen LogP contribution >= 0.6 is 0 Å². The number of anilines is 1. The van der Waals surface area contributed by atoms with Gasteiger partial charge in [0.05, 0.1) is 11.2 Å². The molecule has 0 radical (unpaired) electrons. The zero-order chi connectivity index (χ0) is 13.6. The van der Waals surface area contributed by atoms with E-state index in [0.29, 0.717) is 17.0 Å². The normalized spacial score (nSPS) is 11.1. The largest absolute Gasteiger partial charge is 0.453 e. The molecule has 0 atom stereocenters. The Hall–Kier alpha value is -2.56. The van der Waals surface area contributed by atoms with Crippen LogP contribution in [0.25, 0.3) is 22.6 Å². The minimum Gasteiger partial charge on any atom is -0.453 e. The van der Waals surface area contributed by atoms with Gasteiger partial charge in [-0.05, 0) is 12.1 Å². The van der Waals surface area contributed by atoms with E-state index >= 15 is 0 Å². The quantitative estimate of drug-likeness (QED) is 0.651. The average Bonchev–Trinajstić information content (AvgIpc) is 2.37. The molecule has 0 saturated heterocycles. The Balaban J connectivity index is 2.36. The molecule has 1 aliphatic carbocycles. The van der Waals surface area contributed by atoms with E-state index in [9.17, 15) is 4.79 Å². The molecule has 0 amide bonds. The molecular formula is C14H13N3O2. The third kappa shape index (κ3) is 1.89. The summed E-state index contributed by atoms with van der Waals surface area (Å²) in [6.45, 7) is 0. The SMILES string of the molecule is CN(C)c1ccc2[nH]c3cc(=O)c(=N)cc-3oc2c1. The summed E-state index contributed by atoms with van der Waals surface area (Å²) in [6, 6.07) is 8.63. The van der Waals surface area contributed by atoms with E-state index < -0.39 is 0 Å². The van der Waals surface area contributed by atoms with Gasteiger partial charge in [0.1, 0.15) is 5.36 Å². The van der Waals surface area contributed by atoms with Crippen LogP contribution in [-0.4, -0.2) is 19.1 Å². The van der Waals surface area contributed by atoms with Crippen LogP contribution in [0, 0.1) is 5.41 Å². The van der Waals surface area contributed by atoms with Crippen LogP contribution in [-0.2, 0) is 0 Å². The van der Waals surface area contributed by atoms with Crippen molar-refractivity contribution in [2.24, 2.45) is 0 Å². The smallest absolute Gasteiger partial charge is 0.205 e. The molecule has 3 rings (SSSR count). The average molecular weight is 255 g/mol. The molecule has 0 bridgehead atoms. The van der Waals surface area contributed by atoms with E-state index in [-0.39, 0.29) is 10.8 Å². The Labute approximate surface area is 109 Å². The highest BCUT2D eigenvalue weighted by Crippen LogP contribution is 2.25. The van der Waals surface area contributed by atoms with Gasteiger partial charge in [-0.2, -0.15) is 0 Å². The van der Waals surface area contributed by atoms with Gasteiger partial charge in [-0.3, -0.25) is 10.2 Å². The third-order valence-electron chi connectivity index (χ3n) is 3.05. The number of hydrogen-bond acceptors (Lipinski definition) is 4.